The molecule has 0 unspecified atom stereocenters. The molecule has 0 radical (unpaired) electrons. The lowest BCUT2D eigenvalue weighted by Crippen LogP contribution is -2.26. The zero-order valence-corrected chi connectivity index (χ0v) is 15.3. The van der Waals surface area contributed by atoms with E-state index < -0.39 is 17.6 Å². The van der Waals surface area contributed by atoms with E-state index in [9.17, 15) is 18.0 Å². The molecule has 0 atom stereocenters. The molecule has 3 nitrogen and oxygen atoms in total. The molecule has 0 spiro atoms. The number of nitrogens with zero attached hydrogens (tertiary/aromatic N) is 1. The second kappa shape index (κ2) is 7.92. The van der Waals surface area contributed by atoms with E-state index in [1.54, 1.807) is 0 Å². The Morgan fingerprint density at radius 3 is 2.67 bits per heavy atom. The molecule has 1 amide bonds. The minimum Gasteiger partial charge on any atom is -0.352 e. The quantitative estimate of drug-likeness (QED) is 0.658. The maximum atomic E-state index is 12.7. The Kier molecular flexibility index (Phi) is 5.60. The highest BCUT2D eigenvalue weighted by Gasteiger charge is 2.30. The van der Waals surface area contributed by atoms with Crippen molar-refractivity contribution in [2.75, 3.05) is 6.54 Å². The smallest absolute Gasteiger partial charge is 0.352 e. The molecule has 0 saturated heterocycles. The number of hydrogen-bond acceptors (Lipinski definition) is 3. The fourth-order valence-corrected chi connectivity index (χ4v) is 3.43. The van der Waals surface area contributed by atoms with E-state index in [1.165, 1.54) is 23.5 Å². The van der Waals surface area contributed by atoms with Crippen molar-refractivity contribution in [3.05, 3.63) is 76.3 Å². The van der Waals surface area contributed by atoms with Crippen molar-refractivity contribution in [2.24, 2.45) is 0 Å². The van der Waals surface area contributed by atoms with Crippen LogP contribution >= 0.6 is 11.3 Å². The van der Waals surface area contributed by atoms with Crippen LogP contribution in [0.25, 0.3) is 10.6 Å². The van der Waals surface area contributed by atoms with Crippen molar-refractivity contribution < 1.29 is 18.0 Å². The summed E-state index contributed by atoms with van der Waals surface area (Å²) in [5.41, 5.74) is 2.18. The van der Waals surface area contributed by atoms with E-state index >= 15 is 0 Å². The Bertz CT molecular complexity index is 950. The van der Waals surface area contributed by atoms with Crippen LogP contribution in [0, 0.1) is 6.92 Å². The Labute approximate surface area is 158 Å². The van der Waals surface area contributed by atoms with Gasteiger partial charge in [0.15, 0.2) is 0 Å². The first kappa shape index (κ1) is 19.1. The molecule has 0 aliphatic rings. The number of aromatic nitrogens is 1. The molecule has 1 N–H and O–H groups in total. The summed E-state index contributed by atoms with van der Waals surface area (Å²) in [6, 6.07) is 12.4. The number of alkyl halides is 3. The van der Waals surface area contributed by atoms with Gasteiger partial charge >= 0.3 is 6.18 Å². The van der Waals surface area contributed by atoms with Crippen LogP contribution in [0.3, 0.4) is 0 Å². The highest BCUT2D eigenvalue weighted by molar-refractivity contribution is 7.13. The summed E-state index contributed by atoms with van der Waals surface area (Å²) in [6.07, 6.45) is -3.96. The standard InChI is InChI=1S/C20H17F3N2OS/c1-13-4-2-6-15(10-13)19-25-17(12-27-19)8-9-24-18(26)14-5-3-7-16(11-14)20(21,22)23/h2-7,10-12H,8-9H2,1H3,(H,24,26). The number of halogens is 3. The maximum absolute atomic E-state index is 12.7. The van der Waals surface area contributed by atoms with Crippen LogP contribution < -0.4 is 5.32 Å². The Morgan fingerprint density at radius 2 is 1.93 bits per heavy atom. The van der Waals surface area contributed by atoms with Crippen molar-refractivity contribution >= 4 is 17.2 Å². The summed E-state index contributed by atoms with van der Waals surface area (Å²) in [4.78, 5) is 16.6. The fourth-order valence-electron chi connectivity index (χ4n) is 2.58. The molecule has 27 heavy (non-hydrogen) atoms. The molecule has 1 aromatic heterocycles. The van der Waals surface area contributed by atoms with E-state index in [2.05, 4.69) is 16.4 Å². The predicted molar refractivity (Wildman–Crippen MR) is 99.8 cm³/mol. The molecule has 2 aromatic carbocycles. The van der Waals surface area contributed by atoms with Gasteiger partial charge in [0.1, 0.15) is 5.01 Å². The van der Waals surface area contributed by atoms with E-state index in [0.29, 0.717) is 13.0 Å². The predicted octanol–water partition coefficient (Wildman–Crippen LogP) is 5.11. The number of carbonyl (C=O) groups is 1. The largest absolute Gasteiger partial charge is 0.416 e. The van der Waals surface area contributed by atoms with Gasteiger partial charge in [-0.3, -0.25) is 4.79 Å². The number of nitrogens with one attached hydrogen (secondary N) is 1. The lowest BCUT2D eigenvalue weighted by molar-refractivity contribution is -0.137. The molecule has 0 aliphatic heterocycles. The molecule has 3 rings (SSSR count). The SMILES string of the molecule is Cc1cccc(-c2nc(CCNC(=O)c3cccc(C(F)(F)F)c3)cs2)c1. The van der Waals surface area contributed by atoms with Crippen molar-refractivity contribution in [1.82, 2.24) is 10.3 Å². The van der Waals surface area contributed by atoms with Gasteiger partial charge < -0.3 is 5.32 Å². The molecule has 0 fully saturated rings. The molecule has 3 aromatic rings. The van der Waals surface area contributed by atoms with Gasteiger partial charge in [0.2, 0.25) is 0 Å². The molecular formula is C20H17F3N2OS. The van der Waals surface area contributed by atoms with Crippen molar-refractivity contribution in [3.63, 3.8) is 0 Å². The Balaban J connectivity index is 1.58. The molecule has 1 heterocycles. The second-order valence-corrected chi connectivity index (χ2v) is 6.96. The minimum atomic E-state index is -4.47. The van der Waals surface area contributed by atoms with Gasteiger partial charge in [0.25, 0.3) is 5.91 Å². The van der Waals surface area contributed by atoms with Gasteiger partial charge in [0, 0.05) is 29.5 Å². The molecule has 140 valence electrons. The van der Waals surface area contributed by atoms with Crippen LogP contribution in [0.15, 0.2) is 53.9 Å². The first-order valence-corrected chi connectivity index (χ1v) is 9.18. The van der Waals surface area contributed by atoms with E-state index in [-0.39, 0.29) is 5.56 Å². The average molecular weight is 390 g/mol. The van der Waals surface area contributed by atoms with Crippen molar-refractivity contribution in [3.8, 4) is 10.6 Å². The topological polar surface area (TPSA) is 42.0 Å². The summed E-state index contributed by atoms with van der Waals surface area (Å²) >= 11 is 1.52. The summed E-state index contributed by atoms with van der Waals surface area (Å²) in [5.74, 6) is -0.532. The zero-order chi connectivity index (χ0) is 19.4. The number of thiazole rings is 1. The van der Waals surface area contributed by atoms with Crippen LogP contribution in [0.2, 0.25) is 0 Å². The van der Waals surface area contributed by atoms with Gasteiger partial charge in [-0.25, -0.2) is 4.98 Å². The van der Waals surface area contributed by atoms with Gasteiger partial charge in [0.05, 0.1) is 11.3 Å². The lowest BCUT2D eigenvalue weighted by Gasteiger charge is -2.09. The highest BCUT2D eigenvalue weighted by atomic mass is 32.1. The summed E-state index contributed by atoms with van der Waals surface area (Å²) in [7, 11) is 0. The third-order valence-electron chi connectivity index (χ3n) is 3.94. The zero-order valence-electron chi connectivity index (χ0n) is 14.5. The number of carbonyl (C=O) groups excluding carboxylic acids is 1. The normalized spacial score (nSPS) is 11.4. The molecule has 0 saturated carbocycles. The summed E-state index contributed by atoms with van der Waals surface area (Å²) in [6.45, 7) is 2.31. The van der Waals surface area contributed by atoms with E-state index in [0.717, 1.165) is 34.0 Å². The van der Waals surface area contributed by atoms with Crippen LogP contribution in [-0.2, 0) is 12.6 Å². The van der Waals surface area contributed by atoms with Gasteiger partial charge in [-0.2, -0.15) is 13.2 Å². The van der Waals surface area contributed by atoms with Crippen LogP contribution in [0.4, 0.5) is 13.2 Å². The summed E-state index contributed by atoms with van der Waals surface area (Å²) in [5, 5.41) is 5.47. The average Bonchev–Trinajstić information content (AvgIpc) is 3.10. The molecular weight excluding hydrogens is 373 g/mol. The van der Waals surface area contributed by atoms with Crippen LogP contribution in [0.5, 0.6) is 0 Å². The number of aryl methyl sites for hydroxylation is 1. The van der Waals surface area contributed by atoms with Gasteiger partial charge in [-0.05, 0) is 31.2 Å². The van der Waals surface area contributed by atoms with Crippen LogP contribution in [0.1, 0.15) is 27.2 Å². The lowest BCUT2D eigenvalue weighted by atomic mass is 10.1. The second-order valence-electron chi connectivity index (χ2n) is 6.10. The van der Waals surface area contributed by atoms with Crippen molar-refractivity contribution in [1.29, 1.82) is 0 Å². The summed E-state index contributed by atoms with van der Waals surface area (Å²) < 4.78 is 38.2. The van der Waals surface area contributed by atoms with Crippen molar-refractivity contribution in [2.45, 2.75) is 19.5 Å². The number of benzene rings is 2. The first-order chi connectivity index (χ1) is 12.8. The minimum absolute atomic E-state index is 0.0106. The number of hydrogen-bond donors (Lipinski definition) is 1. The first-order valence-electron chi connectivity index (χ1n) is 8.30. The molecule has 0 aliphatic carbocycles. The number of amides is 1. The van der Waals surface area contributed by atoms with Gasteiger partial charge in [-0.1, -0.05) is 29.8 Å². The Hall–Kier alpha value is -2.67. The molecule has 7 heteroatoms. The third kappa shape index (κ3) is 4.95. The third-order valence-corrected chi connectivity index (χ3v) is 4.88. The van der Waals surface area contributed by atoms with Gasteiger partial charge in [-0.15, -0.1) is 11.3 Å². The molecule has 0 bridgehead atoms. The monoisotopic (exact) mass is 390 g/mol. The fraction of sp³-hybridized carbons (Fsp3) is 0.200. The number of rotatable bonds is 5. The van der Waals surface area contributed by atoms with Crippen LogP contribution in [-0.4, -0.2) is 17.4 Å². The maximum Gasteiger partial charge on any atom is 0.416 e. The van der Waals surface area contributed by atoms with E-state index in [4.69, 9.17) is 0 Å². The Morgan fingerprint density at radius 1 is 1.15 bits per heavy atom. The highest BCUT2D eigenvalue weighted by Crippen LogP contribution is 2.29. The van der Waals surface area contributed by atoms with E-state index in [1.807, 2.05) is 30.5 Å².